The molecule has 0 radical (unpaired) electrons. The molecule has 0 aliphatic carbocycles. The van der Waals surface area contributed by atoms with Crippen molar-refractivity contribution in [2.75, 3.05) is 10.6 Å². The molecular formula is C9H8BrN3O. The van der Waals surface area contributed by atoms with E-state index in [-0.39, 0.29) is 5.91 Å². The van der Waals surface area contributed by atoms with E-state index >= 15 is 0 Å². The molecule has 0 atom stereocenters. The smallest absolute Gasteiger partial charge is 0.226 e. The van der Waals surface area contributed by atoms with Gasteiger partial charge in [-0.25, -0.2) is 4.98 Å². The number of carbonyl (C=O) groups is 1. The number of anilines is 1. The average Bonchev–Trinajstić information content (AvgIpc) is 2.19. The van der Waals surface area contributed by atoms with Crippen LogP contribution in [0.25, 0.3) is 0 Å². The summed E-state index contributed by atoms with van der Waals surface area (Å²) >= 11 is 3.16. The Morgan fingerprint density at radius 1 is 1.64 bits per heavy atom. The minimum absolute atomic E-state index is 0.0981. The zero-order valence-corrected chi connectivity index (χ0v) is 8.91. The van der Waals surface area contributed by atoms with Gasteiger partial charge >= 0.3 is 0 Å². The maximum absolute atomic E-state index is 11.1. The third-order valence-electron chi connectivity index (χ3n) is 1.48. The van der Waals surface area contributed by atoms with Gasteiger partial charge in [0.2, 0.25) is 5.91 Å². The average molecular weight is 254 g/mol. The Kier molecular flexibility index (Phi) is 4.08. The maximum atomic E-state index is 11.1. The van der Waals surface area contributed by atoms with E-state index in [0.717, 1.165) is 0 Å². The number of amides is 1. The molecule has 0 fully saturated rings. The fraction of sp³-hybridized carbons (Fsp3) is 0.222. The van der Waals surface area contributed by atoms with Crippen molar-refractivity contribution in [2.24, 2.45) is 0 Å². The third kappa shape index (κ3) is 3.15. The monoisotopic (exact) mass is 253 g/mol. The van der Waals surface area contributed by atoms with Crippen LogP contribution in [0, 0.1) is 11.3 Å². The van der Waals surface area contributed by atoms with Gasteiger partial charge in [-0.05, 0) is 12.1 Å². The molecule has 0 bridgehead atoms. The first-order valence-electron chi connectivity index (χ1n) is 3.98. The van der Waals surface area contributed by atoms with Crippen molar-refractivity contribution in [1.29, 1.82) is 5.26 Å². The Bertz CT molecular complexity index is 355. The lowest BCUT2D eigenvalue weighted by atomic mass is 10.3. The molecule has 0 aliphatic heterocycles. The molecule has 1 N–H and O–H groups in total. The summed E-state index contributed by atoms with van der Waals surface area (Å²) in [4.78, 5) is 15.0. The number of aromatic nitrogens is 1. The molecule has 1 aromatic rings. The predicted molar refractivity (Wildman–Crippen MR) is 56.0 cm³/mol. The van der Waals surface area contributed by atoms with Crippen molar-refractivity contribution in [3.63, 3.8) is 0 Å². The summed E-state index contributed by atoms with van der Waals surface area (Å²) in [6.45, 7) is 0. The van der Waals surface area contributed by atoms with E-state index in [4.69, 9.17) is 5.26 Å². The molecule has 0 aromatic carbocycles. The SMILES string of the molecule is N#Cc1ccc(NC(=O)CCBr)nc1. The van der Waals surface area contributed by atoms with Crippen LogP contribution in [0.2, 0.25) is 0 Å². The standard InChI is InChI=1S/C9H8BrN3O/c10-4-3-9(14)13-8-2-1-7(5-11)6-12-8/h1-2,6H,3-4H2,(H,12,13,14). The van der Waals surface area contributed by atoms with Gasteiger partial charge in [0.15, 0.2) is 0 Å². The van der Waals surface area contributed by atoms with Crippen LogP contribution in [0.3, 0.4) is 0 Å². The molecular weight excluding hydrogens is 246 g/mol. The fourth-order valence-electron chi connectivity index (χ4n) is 0.825. The molecule has 0 spiro atoms. The molecule has 0 saturated heterocycles. The highest BCUT2D eigenvalue weighted by atomic mass is 79.9. The molecule has 0 saturated carbocycles. The highest BCUT2D eigenvalue weighted by Gasteiger charge is 2.01. The zero-order valence-electron chi connectivity index (χ0n) is 7.33. The normalized spacial score (nSPS) is 9.14. The van der Waals surface area contributed by atoms with E-state index in [1.54, 1.807) is 12.1 Å². The second kappa shape index (κ2) is 5.35. The lowest BCUT2D eigenvalue weighted by molar-refractivity contribution is -0.115. The summed E-state index contributed by atoms with van der Waals surface area (Å²) < 4.78 is 0. The summed E-state index contributed by atoms with van der Waals surface area (Å²) in [5, 5.41) is 11.7. The van der Waals surface area contributed by atoms with E-state index in [1.807, 2.05) is 6.07 Å². The van der Waals surface area contributed by atoms with Crippen LogP contribution in [0.4, 0.5) is 5.82 Å². The van der Waals surface area contributed by atoms with Gasteiger partial charge in [-0.15, -0.1) is 0 Å². The van der Waals surface area contributed by atoms with Crippen molar-refractivity contribution in [1.82, 2.24) is 4.98 Å². The number of pyridine rings is 1. The first kappa shape index (κ1) is 10.7. The second-order valence-corrected chi connectivity index (χ2v) is 3.32. The number of hydrogen-bond donors (Lipinski definition) is 1. The molecule has 4 nitrogen and oxygen atoms in total. The van der Waals surface area contributed by atoms with E-state index < -0.39 is 0 Å². The van der Waals surface area contributed by atoms with Gasteiger partial charge in [0.25, 0.3) is 0 Å². The summed E-state index contributed by atoms with van der Waals surface area (Å²) in [5.41, 5.74) is 0.475. The van der Waals surface area contributed by atoms with Gasteiger partial charge in [-0.1, -0.05) is 15.9 Å². The van der Waals surface area contributed by atoms with Gasteiger partial charge in [0.05, 0.1) is 5.56 Å². The van der Waals surface area contributed by atoms with Crippen LogP contribution in [-0.4, -0.2) is 16.2 Å². The summed E-state index contributed by atoms with van der Waals surface area (Å²) in [5.74, 6) is 0.369. The van der Waals surface area contributed by atoms with Crippen molar-refractivity contribution in [3.8, 4) is 6.07 Å². The van der Waals surface area contributed by atoms with Gasteiger partial charge in [-0.3, -0.25) is 4.79 Å². The number of halogens is 1. The molecule has 5 heteroatoms. The van der Waals surface area contributed by atoms with E-state index in [2.05, 4.69) is 26.2 Å². The molecule has 1 heterocycles. The van der Waals surface area contributed by atoms with Crippen LogP contribution < -0.4 is 5.32 Å². The quantitative estimate of drug-likeness (QED) is 0.834. The highest BCUT2D eigenvalue weighted by Crippen LogP contribution is 2.04. The maximum Gasteiger partial charge on any atom is 0.226 e. The second-order valence-electron chi connectivity index (χ2n) is 2.53. The molecule has 1 rings (SSSR count). The third-order valence-corrected chi connectivity index (χ3v) is 1.88. The van der Waals surface area contributed by atoms with Crippen molar-refractivity contribution < 1.29 is 4.79 Å². The van der Waals surface area contributed by atoms with Gasteiger partial charge in [-0.2, -0.15) is 5.26 Å². The van der Waals surface area contributed by atoms with Crippen LogP contribution >= 0.6 is 15.9 Å². The lowest BCUT2D eigenvalue weighted by Crippen LogP contribution is -2.12. The van der Waals surface area contributed by atoms with E-state index in [9.17, 15) is 4.79 Å². The van der Waals surface area contributed by atoms with Crippen molar-refractivity contribution in [2.45, 2.75) is 6.42 Å². The van der Waals surface area contributed by atoms with Crippen molar-refractivity contribution >= 4 is 27.7 Å². The summed E-state index contributed by atoms with van der Waals surface area (Å²) in [7, 11) is 0. The Hall–Kier alpha value is -1.41. The summed E-state index contributed by atoms with van der Waals surface area (Å²) in [6, 6.07) is 5.16. The highest BCUT2D eigenvalue weighted by molar-refractivity contribution is 9.09. The van der Waals surface area contributed by atoms with Crippen LogP contribution in [-0.2, 0) is 4.79 Å². The molecule has 0 unspecified atom stereocenters. The van der Waals surface area contributed by atoms with Crippen molar-refractivity contribution in [3.05, 3.63) is 23.9 Å². The fourth-order valence-corrected chi connectivity index (χ4v) is 1.19. The van der Waals surface area contributed by atoms with E-state index in [0.29, 0.717) is 23.1 Å². The lowest BCUT2D eigenvalue weighted by Gasteiger charge is -2.01. The van der Waals surface area contributed by atoms with E-state index in [1.165, 1.54) is 6.20 Å². The Labute approximate surface area is 90.1 Å². The Balaban J connectivity index is 2.61. The number of alkyl halides is 1. The molecule has 1 amide bonds. The van der Waals surface area contributed by atoms with Crippen LogP contribution in [0.15, 0.2) is 18.3 Å². The van der Waals surface area contributed by atoms with Crippen LogP contribution in [0.1, 0.15) is 12.0 Å². The number of hydrogen-bond acceptors (Lipinski definition) is 3. The first-order chi connectivity index (χ1) is 6.76. The number of nitrogens with zero attached hydrogens (tertiary/aromatic N) is 2. The number of nitrogens with one attached hydrogen (secondary N) is 1. The topological polar surface area (TPSA) is 65.8 Å². The number of carbonyl (C=O) groups excluding carboxylic acids is 1. The van der Waals surface area contributed by atoms with Gasteiger partial charge < -0.3 is 5.32 Å². The minimum Gasteiger partial charge on any atom is -0.311 e. The summed E-state index contributed by atoms with van der Waals surface area (Å²) in [6.07, 6.45) is 1.82. The van der Waals surface area contributed by atoms with Gasteiger partial charge in [0.1, 0.15) is 11.9 Å². The molecule has 1 aromatic heterocycles. The predicted octanol–water partition coefficient (Wildman–Crippen LogP) is 1.68. The zero-order chi connectivity index (χ0) is 10.4. The van der Waals surface area contributed by atoms with Crippen LogP contribution in [0.5, 0.6) is 0 Å². The molecule has 0 aliphatic rings. The Morgan fingerprint density at radius 3 is 2.93 bits per heavy atom. The van der Waals surface area contributed by atoms with Gasteiger partial charge in [0, 0.05) is 17.9 Å². The largest absolute Gasteiger partial charge is 0.311 e. The number of nitriles is 1. The molecule has 72 valence electrons. The molecule has 14 heavy (non-hydrogen) atoms. The first-order valence-corrected chi connectivity index (χ1v) is 5.10. The Morgan fingerprint density at radius 2 is 2.43 bits per heavy atom. The minimum atomic E-state index is -0.0981. The number of rotatable bonds is 3.